The molecule has 2 N–H and O–H groups in total. The lowest BCUT2D eigenvalue weighted by molar-refractivity contribution is -0.148. The summed E-state index contributed by atoms with van der Waals surface area (Å²) in [5.74, 6) is -1.25. The zero-order chi connectivity index (χ0) is 12.1. The third kappa shape index (κ3) is 4.16. The lowest BCUT2D eigenvalue weighted by Gasteiger charge is -2.06. The topological polar surface area (TPSA) is 69.4 Å². The predicted molar refractivity (Wildman–Crippen MR) is 65.8 cm³/mol. The Balaban J connectivity index is 2.51. The largest absolute Gasteiger partial charge is 0.449 e. The fraction of sp³-hybridized carbons (Fsp3) is 0.200. The Morgan fingerprint density at radius 3 is 2.75 bits per heavy atom. The average Bonchev–Trinajstić information content (AvgIpc) is 2.61. The maximum absolute atomic E-state index is 11.2. The van der Waals surface area contributed by atoms with Crippen LogP contribution in [0.1, 0.15) is 11.8 Å². The molecule has 1 rings (SSSR count). The molecule has 0 aromatic carbocycles. The molecule has 0 radical (unpaired) electrons. The summed E-state index contributed by atoms with van der Waals surface area (Å²) in [6, 6.07) is 3.73. The molecule has 0 aliphatic rings. The number of hydrogen-bond donors (Lipinski definition) is 1. The van der Waals surface area contributed by atoms with Crippen molar-refractivity contribution in [1.82, 2.24) is 0 Å². The van der Waals surface area contributed by atoms with Crippen molar-refractivity contribution in [3.8, 4) is 0 Å². The van der Waals surface area contributed by atoms with E-state index in [1.807, 2.05) is 12.1 Å². The van der Waals surface area contributed by atoms with Crippen LogP contribution in [0.25, 0.3) is 6.08 Å². The van der Waals surface area contributed by atoms with Crippen LogP contribution in [0.4, 0.5) is 0 Å². The van der Waals surface area contributed by atoms with Gasteiger partial charge in [-0.15, -0.1) is 11.3 Å². The fourth-order valence-corrected chi connectivity index (χ4v) is 2.17. The molecule has 0 fully saturated rings. The molecule has 0 saturated carbocycles. The number of thiophene rings is 1. The van der Waals surface area contributed by atoms with Gasteiger partial charge in [0.2, 0.25) is 0 Å². The van der Waals surface area contributed by atoms with Crippen molar-refractivity contribution >= 4 is 45.2 Å². The van der Waals surface area contributed by atoms with Gasteiger partial charge in [-0.2, -0.15) is 0 Å². The number of primary amides is 1. The van der Waals surface area contributed by atoms with E-state index < -0.39 is 18.0 Å². The first-order valence-corrected chi connectivity index (χ1v) is 6.03. The van der Waals surface area contributed by atoms with Crippen molar-refractivity contribution in [3.63, 3.8) is 0 Å². The van der Waals surface area contributed by atoms with E-state index in [0.29, 0.717) is 0 Å². The summed E-state index contributed by atoms with van der Waals surface area (Å²) in [4.78, 5) is 22.8. The van der Waals surface area contributed by atoms with Crippen LogP contribution >= 0.6 is 27.3 Å². The van der Waals surface area contributed by atoms with Crippen LogP contribution in [-0.2, 0) is 14.3 Å². The van der Waals surface area contributed by atoms with Gasteiger partial charge < -0.3 is 10.5 Å². The summed E-state index contributed by atoms with van der Waals surface area (Å²) >= 11 is 4.79. The molecule has 4 nitrogen and oxygen atoms in total. The van der Waals surface area contributed by atoms with Gasteiger partial charge in [-0.1, -0.05) is 0 Å². The van der Waals surface area contributed by atoms with Crippen LogP contribution in [0.2, 0.25) is 0 Å². The van der Waals surface area contributed by atoms with Gasteiger partial charge in [-0.25, -0.2) is 4.79 Å². The van der Waals surface area contributed by atoms with Crippen molar-refractivity contribution in [1.29, 1.82) is 0 Å². The Kier molecular flexibility index (Phi) is 4.70. The number of esters is 1. The lowest BCUT2D eigenvalue weighted by atomic mass is 10.4. The average molecular weight is 304 g/mol. The number of hydrogen-bond acceptors (Lipinski definition) is 4. The van der Waals surface area contributed by atoms with E-state index in [2.05, 4.69) is 15.9 Å². The number of ether oxygens (including phenoxy) is 1. The zero-order valence-corrected chi connectivity index (χ0v) is 10.9. The Labute approximate surface area is 105 Å². The highest BCUT2D eigenvalue weighted by Gasteiger charge is 2.11. The van der Waals surface area contributed by atoms with Crippen LogP contribution in [0.3, 0.4) is 0 Å². The molecule has 0 saturated heterocycles. The first kappa shape index (κ1) is 12.9. The van der Waals surface area contributed by atoms with Gasteiger partial charge in [0.15, 0.2) is 6.10 Å². The molecular formula is C10H10BrNO3S. The van der Waals surface area contributed by atoms with E-state index in [9.17, 15) is 9.59 Å². The van der Waals surface area contributed by atoms with E-state index in [0.717, 1.165) is 8.66 Å². The molecule has 1 unspecified atom stereocenters. The van der Waals surface area contributed by atoms with Crippen LogP contribution in [0, 0.1) is 0 Å². The minimum absolute atomic E-state index is 0.587. The van der Waals surface area contributed by atoms with Crippen molar-refractivity contribution in [2.24, 2.45) is 5.73 Å². The minimum atomic E-state index is -0.910. The third-order valence-electron chi connectivity index (χ3n) is 1.67. The third-order valence-corrected chi connectivity index (χ3v) is 3.26. The second kappa shape index (κ2) is 5.81. The van der Waals surface area contributed by atoms with Crippen LogP contribution in [0.5, 0.6) is 0 Å². The van der Waals surface area contributed by atoms with Gasteiger partial charge >= 0.3 is 5.97 Å². The minimum Gasteiger partial charge on any atom is -0.449 e. The van der Waals surface area contributed by atoms with E-state index >= 15 is 0 Å². The first-order chi connectivity index (χ1) is 7.49. The summed E-state index contributed by atoms with van der Waals surface area (Å²) in [5.41, 5.74) is 4.95. The lowest BCUT2D eigenvalue weighted by Crippen LogP contribution is -2.29. The van der Waals surface area contributed by atoms with E-state index in [1.165, 1.54) is 24.3 Å². The highest BCUT2D eigenvalue weighted by Crippen LogP contribution is 2.22. The monoisotopic (exact) mass is 303 g/mol. The molecule has 1 atom stereocenters. The molecule has 0 spiro atoms. The summed E-state index contributed by atoms with van der Waals surface area (Å²) in [6.45, 7) is 1.43. The van der Waals surface area contributed by atoms with Gasteiger partial charge in [-0.05, 0) is 41.1 Å². The SMILES string of the molecule is CC(OC(=O)C=Cc1ccc(Br)s1)C(N)=O. The van der Waals surface area contributed by atoms with Gasteiger partial charge in [0.05, 0.1) is 3.79 Å². The predicted octanol–water partition coefficient (Wildman–Crippen LogP) is 1.94. The van der Waals surface area contributed by atoms with E-state index in [4.69, 9.17) is 10.5 Å². The number of nitrogens with two attached hydrogens (primary N) is 1. The Hall–Kier alpha value is -1.14. The highest BCUT2D eigenvalue weighted by molar-refractivity contribution is 9.11. The molecule has 0 bridgehead atoms. The molecular weight excluding hydrogens is 294 g/mol. The molecule has 16 heavy (non-hydrogen) atoms. The summed E-state index contributed by atoms with van der Waals surface area (Å²) in [5, 5.41) is 0. The number of carbonyl (C=O) groups excluding carboxylic acids is 2. The quantitative estimate of drug-likeness (QED) is 0.682. The summed E-state index contributed by atoms with van der Waals surface area (Å²) < 4.78 is 5.71. The standard InChI is InChI=1S/C10H10BrNO3S/c1-6(10(12)14)15-9(13)5-3-7-2-4-8(11)16-7/h2-6H,1H3,(H2,12,14). The van der Waals surface area contributed by atoms with Gasteiger partial charge in [0.1, 0.15) is 0 Å². The van der Waals surface area contributed by atoms with Crippen molar-refractivity contribution in [2.45, 2.75) is 13.0 Å². The smallest absolute Gasteiger partial charge is 0.331 e. The Morgan fingerprint density at radius 2 is 2.25 bits per heavy atom. The Morgan fingerprint density at radius 1 is 1.56 bits per heavy atom. The van der Waals surface area contributed by atoms with Crippen molar-refractivity contribution < 1.29 is 14.3 Å². The normalized spacial score (nSPS) is 12.6. The van der Waals surface area contributed by atoms with Crippen LogP contribution in [-0.4, -0.2) is 18.0 Å². The summed E-state index contributed by atoms with van der Waals surface area (Å²) in [6.07, 6.45) is 1.97. The first-order valence-electron chi connectivity index (χ1n) is 4.42. The van der Waals surface area contributed by atoms with Crippen LogP contribution in [0.15, 0.2) is 22.0 Å². The number of carbonyl (C=O) groups is 2. The second-order valence-corrected chi connectivity index (χ2v) is 5.45. The van der Waals surface area contributed by atoms with E-state index in [1.54, 1.807) is 6.08 Å². The number of rotatable bonds is 4. The second-order valence-electron chi connectivity index (χ2n) is 2.96. The maximum Gasteiger partial charge on any atom is 0.331 e. The number of halogens is 1. The molecule has 1 amide bonds. The van der Waals surface area contributed by atoms with E-state index in [-0.39, 0.29) is 0 Å². The fourth-order valence-electron chi connectivity index (χ4n) is 0.840. The molecule has 1 heterocycles. The van der Waals surface area contributed by atoms with Crippen molar-refractivity contribution in [2.75, 3.05) is 0 Å². The highest BCUT2D eigenvalue weighted by atomic mass is 79.9. The van der Waals surface area contributed by atoms with Gasteiger partial charge in [-0.3, -0.25) is 4.79 Å². The molecule has 0 aliphatic carbocycles. The number of amides is 1. The summed E-state index contributed by atoms with van der Waals surface area (Å²) in [7, 11) is 0. The molecule has 0 aliphatic heterocycles. The van der Waals surface area contributed by atoms with Crippen molar-refractivity contribution in [3.05, 3.63) is 26.9 Å². The van der Waals surface area contributed by atoms with Crippen LogP contribution < -0.4 is 5.73 Å². The zero-order valence-electron chi connectivity index (χ0n) is 8.48. The van der Waals surface area contributed by atoms with Gasteiger partial charge in [0, 0.05) is 11.0 Å². The molecule has 6 heteroatoms. The maximum atomic E-state index is 11.2. The molecule has 1 aromatic heterocycles. The molecule has 1 aromatic rings. The molecule has 86 valence electrons. The van der Waals surface area contributed by atoms with Gasteiger partial charge in [0.25, 0.3) is 5.91 Å². The Bertz CT molecular complexity index is 427.